The fraction of sp³-hybridized carbons (Fsp3) is 0.381. The van der Waals surface area contributed by atoms with E-state index in [9.17, 15) is 4.79 Å². The first kappa shape index (κ1) is 17.1. The van der Waals surface area contributed by atoms with Crippen molar-refractivity contribution in [1.29, 1.82) is 0 Å². The molecule has 2 aliphatic heterocycles. The van der Waals surface area contributed by atoms with E-state index in [0.29, 0.717) is 0 Å². The third kappa shape index (κ3) is 3.32. The molecule has 2 aromatic rings. The largest absolute Gasteiger partial charge is 0.497 e. The van der Waals surface area contributed by atoms with E-state index in [-0.39, 0.29) is 5.91 Å². The van der Waals surface area contributed by atoms with Crippen LogP contribution in [0.2, 0.25) is 0 Å². The third-order valence-corrected chi connectivity index (χ3v) is 5.59. The van der Waals surface area contributed by atoms with Gasteiger partial charge < -0.3 is 10.1 Å². The van der Waals surface area contributed by atoms with E-state index < -0.39 is 5.54 Å². The maximum Gasteiger partial charge on any atom is 0.244 e. The maximum atomic E-state index is 12.9. The number of methoxy groups -OCH3 is 1. The quantitative estimate of drug-likeness (QED) is 0.893. The Balaban J connectivity index is 1.40. The van der Waals surface area contributed by atoms with Gasteiger partial charge in [0, 0.05) is 31.9 Å². The number of nitrogens with one attached hydrogen (secondary N) is 2. The summed E-state index contributed by atoms with van der Waals surface area (Å²) in [6.07, 6.45) is 1.64. The monoisotopic (exact) mass is 351 g/mol. The van der Waals surface area contributed by atoms with Crippen molar-refractivity contribution in [3.05, 3.63) is 59.7 Å². The lowest BCUT2D eigenvalue weighted by atomic mass is 9.86. The predicted molar refractivity (Wildman–Crippen MR) is 102 cm³/mol. The summed E-state index contributed by atoms with van der Waals surface area (Å²) in [5, 5.41) is 6.67. The zero-order chi connectivity index (χ0) is 18.0. The number of piperidine rings is 1. The highest BCUT2D eigenvalue weighted by Crippen LogP contribution is 2.30. The molecule has 26 heavy (non-hydrogen) atoms. The Morgan fingerprint density at radius 2 is 1.81 bits per heavy atom. The normalized spacial score (nSPS) is 19.5. The summed E-state index contributed by atoms with van der Waals surface area (Å²) >= 11 is 0. The number of fused-ring (bicyclic) bond motifs is 1. The fourth-order valence-corrected chi connectivity index (χ4v) is 3.87. The Bertz CT molecular complexity index is 780. The lowest BCUT2D eigenvalue weighted by molar-refractivity contribution is -0.124. The average Bonchev–Trinajstić information content (AvgIpc) is 2.82. The molecule has 0 bridgehead atoms. The highest BCUT2D eigenvalue weighted by Gasteiger charge is 2.42. The predicted octanol–water partition coefficient (Wildman–Crippen LogP) is 2.77. The van der Waals surface area contributed by atoms with E-state index in [1.807, 2.05) is 30.3 Å². The van der Waals surface area contributed by atoms with E-state index in [1.54, 1.807) is 7.11 Å². The lowest BCUT2D eigenvalue weighted by Crippen LogP contribution is -2.58. The Morgan fingerprint density at radius 1 is 1.08 bits per heavy atom. The molecular formula is C21H25N3O2. The topological polar surface area (TPSA) is 53.6 Å². The van der Waals surface area contributed by atoms with Crippen LogP contribution in [0.1, 0.15) is 24.0 Å². The van der Waals surface area contributed by atoms with E-state index in [2.05, 4.69) is 33.7 Å². The second-order valence-electron chi connectivity index (χ2n) is 7.17. The Labute approximate surface area is 154 Å². The molecule has 2 N–H and O–H groups in total. The van der Waals surface area contributed by atoms with Gasteiger partial charge >= 0.3 is 0 Å². The molecule has 4 rings (SSSR count). The summed E-state index contributed by atoms with van der Waals surface area (Å²) in [6.45, 7) is 3.45. The van der Waals surface area contributed by atoms with Crippen molar-refractivity contribution in [3.8, 4) is 5.75 Å². The van der Waals surface area contributed by atoms with Crippen molar-refractivity contribution in [3.63, 3.8) is 0 Å². The van der Waals surface area contributed by atoms with E-state index in [4.69, 9.17) is 4.74 Å². The van der Waals surface area contributed by atoms with Gasteiger partial charge in [-0.15, -0.1) is 0 Å². The molecule has 2 heterocycles. The Morgan fingerprint density at radius 3 is 2.54 bits per heavy atom. The molecule has 2 aromatic carbocycles. The van der Waals surface area contributed by atoms with Crippen LogP contribution >= 0.6 is 0 Å². The highest BCUT2D eigenvalue weighted by molar-refractivity contribution is 5.99. The van der Waals surface area contributed by atoms with Gasteiger partial charge in [-0.25, -0.2) is 0 Å². The van der Waals surface area contributed by atoms with Gasteiger partial charge in [0.15, 0.2) is 0 Å². The fourth-order valence-electron chi connectivity index (χ4n) is 3.87. The van der Waals surface area contributed by atoms with Crippen LogP contribution in [0.25, 0.3) is 0 Å². The first-order chi connectivity index (χ1) is 12.7. The summed E-state index contributed by atoms with van der Waals surface area (Å²) in [7, 11) is 1.68. The number of amides is 1. The Kier molecular flexibility index (Phi) is 4.66. The molecule has 1 amide bonds. The molecule has 0 unspecified atom stereocenters. The molecular weight excluding hydrogens is 326 g/mol. The number of ether oxygens (including phenoxy) is 1. The van der Waals surface area contributed by atoms with Crippen molar-refractivity contribution in [2.45, 2.75) is 31.5 Å². The second-order valence-corrected chi connectivity index (χ2v) is 7.17. The van der Waals surface area contributed by atoms with Crippen LogP contribution in [0.5, 0.6) is 5.75 Å². The number of likely N-dealkylation sites (tertiary alicyclic amines) is 1. The van der Waals surface area contributed by atoms with Crippen molar-refractivity contribution in [2.75, 3.05) is 25.5 Å². The minimum absolute atomic E-state index is 0.103. The van der Waals surface area contributed by atoms with Gasteiger partial charge in [0.1, 0.15) is 11.3 Å². The van der Waals surface area contributed by atoms with Crippen LogP contribution in [0.3, 0.4) is 0 Å². The van der Waals surface area contributed by atoms with Crippen molar-refractivity contribution in [1.82, 2.24) is 10.2 Å². The van der Waals surface area contributed by atoms with Gasteiger partial charge in [0.25, 0.3) is 0 Å². The lowest BCUT2D eigenvalue weighted by Gasteiger charge is -2.40. The first-order valence-electron chi connectivity index (χ1n) is 9.18. The third-order valence-electron chi connectivity index (χ3n) is 5.59. The van der Waals surface area contributed by atoms with Gasteiger partial charge in [-0.05, 0) is 42.2 Å². The number of benzene rings is 2. The average molecular weight is 351 g/mol. The van der Waals surface area contributed by atoms with Crippen LogP contribution in [0.15, 0.2) is 48.5 Å². The van der Waals surface area contributed by atoms with Crippen LogP contribution in [0.4, 0.5) is 5.69 Å². The molecule has 1 spiro atoms. The number of carbonyl (C=O) groups excluding carboxylic acids is 1. The molecule has 1 fully saturated rings. The summed E-state index contributed by atoms with van der Waals surface area (Å²) in [5.74, 6) is 0.983. The summed E-state index contributed by atoms with van der Waals surface area (Å²) in [6, 6.07) is 16.2. The van der Waals surface area contributed by atoms with Gasteiger partial charge in [-0.1, -0.05) is 30.3 Å². The molecule has 0 saturated carbocycles. The number of anilines is 1. The number of rotatable bonds is 3. The molecule has 5 heteroatoms. The standard InChI is InChI=1S/C21H25N3O2/c1-26-18-8-6-16(7-9-18)15-24-12-10-21(11-13-24)20(25)23-19-5-3-2-4-17(19)14-22-21/h2-9,22H,10-15H2,1H3,(H,23,25). The van der Waals surface area contributed by atoms with E-state index >= 15 is 0 Å². The minimum atomic E-state index is -0.463. The van der Waals surface area contributed by atoms with Crippen LogP contribution in [0, 0.1) is 0 Å². The zero-order valence-electron chi connectivity index (χ0n) is 15.1. The SMILES string of the molecule is COc1ccc(CN2CCC3(CC2)NCc2ccccc2NC3=O)cc1. The van der Waals surface area contributed by atoms with Crippen LogP contribution < -0.4 is 15.4 Å². The number of carbonyl (C=O) groups is 1. The number of hydrogen-bond donors (Lipinski definition) is 2. The molecule has 136 valence electrons. The second kappa shape index (κ2) is 7.09. The van der Waals surface area contributed by atoms with Gasteiger partial charge in [-0.3, -0.25) is 15.0 Å². The summed E-state index contributed by atoms with van der Waals surface area (Å²) in [4.78, 5) is 15.3. The van der Waals surface area contributed by atoms with E-state index in [0.717, 1.165) is 56.0 Å². The molecule has 5 nitrogen and oxygen atoms in total. The molecule has 0 aliphatic carbocycles. The maximum absolute atomic E-state index is 12.9. The number of para-hydroxylation sites is 1. The number of nitrogens with zero attached hydrogens (tertiary/aromatic N) is 1. The molecule has 2 aliphatic rings. The van der Waals surface area contributed by atoms with Gasteiger partial charge in [0.2, 0.25) is 5.91 Å². The first-order valence-corrected chi connectivity index (χ1v) is 9.18. The summed E-state index contributed by atoms with van der Waals surface area (Å²) in [5.41, 5.74) is 2.89. The smallest absolute Gasteiger partial charge is 0.244 e. The number of hydrogen-bond acceptors (Lipinski definition) is 4. The highest BCUT2D eigenvalue weighted by atomic mass is 16.5. The van der Waals surface area contributed by atoms with Crippen LogP contribution in [-0.4, -0.2) is 36.5 Å². The van der Waals surface area contributed by atoms with Crippen molar-refractivity contribution in [2.24, 2.45) is 0 Å². The van der Waals surface area contributed by atoms with Crippen molar-refractivity contribution < 1.29 is 9.53 Å². The molecule has 1 saturated heterocycles. The molecule has 0 atom stereocenters. The molecule has 0 aromatic heterocycles. The minimum Gasteiger partial charge on any atom is -0.497 e. The van der Waals surface area contributed by atoms with Crippen molar-refractivity contribution >= 4 is 11.6 Å². The summed E-state index contributed by atoms with van der Waals surface area (Å²) < 4.78 is 5.22. The van der Waals surface area contributed by atoms with Gasteiger partial charge in [0.05, 0.1) is 7.11 Å². The van der Waals surface area contributed by atoms with E-state index in [1.165, 1.54) is 5.56 Å². The molecule has 0 radical (unpaired) electrons. The van der Waals surface area contributed by atoms with Crippen LogP contribution in [-0.2, 0) is 17.9 Å². The zero-order valence-corrected chi connectivity index (χ0v) is 15.1. The Hall–Kier alpha value is -2.37. The van der Waals surface area contributed by atoms with Gasteiger partial charge in [-0.2, -0.15) is 0 Å².